The van der Waals surface area contributed by atoms with E-state index in [2.05, 4.69) is 5.32 Å². The summed E-state index contributed by atoms with van der Waals surface area (Å²) < 4.78 is 17.0. The molecule has 2 heterocycles. The van der Waals surface area contributed by atoms with Gasteiger partial charge in [-0.2, -0.15) is 0 Å². The molecule has 1 N–H and O–H groups in total. The Balaban J connectivity index is 1.75. The molecule has 0 radical (unpaired) electrons. The van der Waals surface area contributed by atoms with Crippen molar-refractivity contribution in [1.29, 1.82) is 0 Å². The van der Waals surface area contributed by atoms with Gasteiger partial charge in [0.2, 0.25) is 0 Å². The van der Waals surface area contributed by atoms with Crippen LogP contribution in [0.3, 0.4) is 0 Å². The maximum atomic E-state index is 14.1. The van der Waals surface area contributed by atoms with Crippen LogP contribution in [0.5, 0.6) is 5.75 Å². The van der Waals surface area contributed by atoms with Crippen LogP contribution in [0.1, 0.15) is 65.9 Å². The van der Waals surface area contributed by atoms with Crippen LogP contribution in [0.4, 0.5) is 10.5 Å². The highest BCUT2D eigenvalue weighted by atomic mass is 16.6. The summed E-state index contributed by atoms with van der Waals surface area (Å²) in [6.45, 7) is 9.41. The Kier molecular flexibility index (Phi) is 7.72. The van der Waals surface area contributed by atoms with Crippen molar-refractivity contribution in [3.8, 4) is 5.75 Å². The zero-order valence-electron chi connectivity index (χ0n) is 22.8. The summed E-state index contributed by atoms with van der Waals surface area (Å²) in [6.07, 6.45) is 2.59. The van der Waals surface area contributed by atoms with Gasteiger partial charge in [0.15, 0.2) is 5.54 Å². The van der Waals surface area contributed by atoms with Crippen molar-refractivity contribution in [2.45, 2.75) is 89.6 Å². The average molecular weight is 509 g/mol. The number of esters is 1. The second kappa shape index (κ2) is 10.6. The van der Waals surface area contributed by atoms with Crippen LogP contribution < -0.4 is 10.1 Å². The molecule has 2 fully saturated rings. The molecule has 0 saturated carbocycles. The van der Waals surface area contributed by atoms with Crippen LogP contribution in [0, 0.1) is 5.92 Å². The maximum absolute atomic E-state index is 14.1. The van der Waals surface area contributed by atoms with Crippen LogP contribution >= 0.6 is 0 Å². The zero-order valence-corrected chi connectivity index (χ0v) is 22.8. The van der Waals surface area contributed by atoms with Gasteiger partial charge in [0.05, 0.1) is 13.2 Å². The number of ether oxygens (including phenoxy) is 3. The van der Waals surface area contributed by atoms with Crippen molar-refractivity contribution in [1.82, 2.24) is 4.90 Å². The summed E-state index contributed by atoms with van der Waals surface area (Å²) in [5.74, 6) is 0.336. The lowest BCUT2D eigenvalue weighted by Gasteiger charge is -2.47. The fraction of sp³-hybridized carbons (Fsp3) is 0.533. The molecule has 2 aliphatic heterocycles. The highest BCUT2D eigenvalue weighted by molar-refractivity contribution is 5.87. The Morgan fingerprint density at radius 2 is 1.54 bits per heavy atom. The number of fused-ring (bicyclic) bond motifs is 2. The zero-order chi connectivity index (χ0) is 26.8. The fourth-order valence-corrected chi connectivity index (χ4v) is 5.80. The van der Waals surface area contributed by atoms with Crippen molar-refractivity contribution in [3.63, 3.8) is 0 Å². The highest BCUT2D eigenvalue weighted by Gasteiger charge is 2.56. The minimum absolute atomic E-state index is 0.00575. The Labute approximate surface area is 220 Å². The van der Waals surface area contributed by atoms with Gasteiger partial charge >= 0.3 is 12.1 Å². The van der Waals surface area contributed by atoms with E-state index in [4.69, 9.17) is 14.2 Å². The van der Waals surface area contributed by atoms with E-state index in [1.165, 1.54) is 0 Å². The van der Waals surface area contributed by atoms with E-state index in [1.54, 1.807) is 7.11 Å². The molecule has 0 spiro atoms. The summed E-state index contributed by atoms with van der Waals surface area (Å²) in [5, 5.41) is 3.62. The lowest BCUT2D eigenvalue weighted by molar-refractivity contribution is -0.157. The topological polar surface area (TPSA) is 77.1 Å². The van der Waals surface area contributed by atoms with Crippen molar-refractivity contribution in [2.75, 3.05) is 12.4 Å². The fourth-order valence-electron chi connectivity index (χ4n) is 5.80. The third-order valence-electron chi connectivity index (χ3n) is 7.28. The summed E-state index contributed by atoms with van der Waals surface area (Å²) in [5.41, 5.74) is -0.0297. The Morgan fingerprint density at radius 3 is 2.05 bits per heavy atom. The van der Waals surface area contributed by atoms with Gasteiger partial charge in [-0.15, -0.1) is 0 Å². The van der Waals surface area contributed by atoms with Crippen molar-refractivity contribution in [3.05, 3.63) is 60.2 Å². The SMILES string of the molecule is COc1ccc(N[C@](C(=O)OC(C)C)(c2ccccc2)C2C[C@H]3CC[C@@H](C2)N3C(=O)OC(C)(C)C)cc1. The predicted octanol–water partition coefficient (Wildman–Crippen LogP) is 6.13. The Hall–Kier alpha value is -3.22. The number of carbonyl (C=O) groups excluding carboxylic acids is 2. The van der Waals surface area contributed by atoms with E-state index in [0.29, 0.717) is 12.8 Å². The van der Waals surface area contributed by atoms with E-state index in [1.807, 2.05) is 94.1 Å². The van der Waals surface area contributed by atoms with Gasteiger partial charge in [-0.3, -0.25) is 0 Å². The van der Waals surface area contributed by atoms with E-state index >= 15 is 0 Å². The van der Waals surface area contributed by atoms with Gasteiger partial charge in [-0.05, 0) is 90.1 Å². The molecule has 4 rings (SSSR count). The lowest BCUT2D eigenvalue weighted by Crippen LogP contribution is -2.57. The molecule has 7 heteroatoms. The summed E-state index contributed by atoms with van der Waals surface area (Å²) in [6, 6.07) is 17.4. The molecule has 200 valence electrons. The minimum Gasteiger partial charge on any atom is -0.497 e. The molecular formula is C30H40N2O5. The first-order valence-electron chi connectivity index (χ1n) is 13.2. The van der Waals surface area contributed by atoms with Crippen LogP contribution in [0.25, 0.3) is 0 Å². The average Bonchev–Trinajstić information content (AvgIpc) is 3.11. The smallest absolute Gasteiger partial charge is 0.410 e. The number of anilines is 1. The number of nitrogens with zero attached hydrogens (tertiary/aromatic N) is 1. The monoisotopic (exact) mass is 508 g/mol. The minimum atomic E-state index is -1.12. The van der Waals surface area contributed by atoms with Crippen LogP contribution in [0.2, 0.25) is 0 Å². The van der Waals surface area contributed by atoms with Gasteiger partial charge in [0.25, 0.3) is 0 Å². The van der Waals surface area contributed by atoms with Crippen molar-refractivity contribution >= 4 is 17.7 Å². The maximum Gasteiger partial charge on any atom is 0.410 e. The molecule has 1 unspecified atom stereocenters. The summed E-state index contributed by atoms with van der Waals surface area (Å²) in [4.78, 5) is 29.2. The van der Waals surface area contributed by atoms with Gasteiger partial charge in [0, 0.05) is 23.7 Å². The first-order valence-corrected chi connectivity index (χ1v) is 13.2. The number of carbonyl (C=O) groups is 2. The van der Waals surface area contributed by atoms with Gasteiger partial charge < -0.3 is 24.4 Å². The number of piperidine rings is 1. The summed E-state index contributed by atoms with van der Waals surface area (Å²) >= 11 is 0. The molecular weight excluding hydrogens is 468 g/mol. The quantitative estimate of drug-likeness (QED) is 0.453. The largest absolute Gasteiger partial charge is 0.497 e. The van der Waals surface area contributed by atoms with Crippen molar-refractivity contribution < 1.29 is 23.8 Å². The van der Waals surface area contributed by atoms with Crippen LogP contribution in [-0.4, -0.2) is 47.9 Å². The molecule has 2 aromatic rings. The third-order valence-corrected chi connectivity index (χ3v) is 7.28. The third kappa shape index (κ3) is 5.71. The molecule has 2 aliphatic rings. The number of hydrogen-bond donors (Lipinski definition) is 1. The predicted molar refractivity (Wildman–Crippen MR) is 144 cm³/mol. The number of hydrogen-bond acceptors (Lipinski definition) is 6. The molecule has 37 heavy (non-hydrogen) atoms. The molecule has 2 saturated heterocycles. The molecule has 2 bridgehead atoms. The second-order valence-corrected chi connectivity index (χ2v) is 11.4. The number of nitrogens with one attached hydrogen (secondary N) is 1. The number of rotatable bonds is 7. The lowest BCUT2D eigenvalue weighted by atomic mass is 9.71. The number of benzene rings is 2. The highest BCUT2D eigenvalue weighted by Crippen LogP contribution is 2.48. The van der Waals surface area contributed by atoms with E-state index in [9.17, 15) is 9.59 Å². The first-order chi connectivity index (χ1) is 17.5. The molecule has 4 atom stereocenters. The van der Waals surface area contributed by atoms with Gasteiger partial charge in [-0.1, -0.05) is 30.3 Å². The Bertz CT molecular complexity index is 1070. The second-order valence-electron chi connectivity index (χ2n) is 11.4. The molecule has 0 aliphatic carbocycles. The molecule has 0 aromatic heterocycles. The molecule has 2 aromatic carbocycles. The van der Waals surface area contributed by atoms with Crippen LogP contribution in [-0.2, 0) is 19.8 Å². The van der Waals surface area contributed by atoms with E-state index in [0.717, 1.165) is 29.8 Å². The standard InChI is InChI=1S/C30H40N2O5/c1-20(2)36-27(33)30(21-10-8-7-9-11-21,31-23-12-16-26(35-6)17-13-23)22-18-24-14-15-25(19-22)32(24)28(34)37-29(3,4)5/h7-13,16-17,20,22,24-25,31H,14-15,18-19H2,1-6H3/t22?,24-,25+,30-/m1/s1. The molecule has 7 nitrogen and oxygen atoms in total. The van der Waals surface area contributed by atoms with Gasteiger partial charge in [0.1, 0.15) is 11.4 Å². The normalized spacial score (nSPS) is 22.8. The number of amides is 1. The van der Waals surface area contributed by atoms with E-state index < -0.39 is 11.1 Å². The Morgan fingerprint density at radius 1 is 0.946 bits per heavy atom. The van der Waals surface area contributed by atoms with E-state index in [-0.39, 0.29) is 36.2 Å². The summed E-state index contributed by atoms with van der Waals surface area (Å²) in [7, 11) is 1.63. The van der Waals surface area contributed by atoms with Gasteiger partial charge in [-0.25, -0.2) is 9.59 Å². The molecule has 1 amide bonds. The van der Waals surface area contributed by atoms with Crippen molar-refractivity contribution in [2.24, 2.45) is 5.92 Å². The first kappa shape index (κ1) is 26.8. The van der Waals surface area contributed by atoms with Crippen LogP contribution in [0.15, 0.2) is 54.6 Å². The number of methoxy groups -OCH3 is 1.